The van der Waals surface area contributed by atoms with Gasteiger partial charge in [-0.3, -0.25) is 4.79 Å². The van der Waals surface area contributed by atoms with Crippen molar-refractivity contribution in [3.05, 3.63) is 0 Å². The smallest absolute Gasteiger partial charge is 0.223 e. The van der Waals surface area contributed by atoms with Crippen LogP contribution in [0.15, 0.2) is 0 Å². The third kappa shape index (κ3) is 4.75. The molecule has 0 aliphatic rings. The number of halogens is 1. The third-order valence-electron chi connectivity index (χ3n) is 1.63. The second-order valence-corrected chi connectivity index (χ2v) is 4.06. The fourth-order valence-corrected chi connectivity index (χ4v) is 1.43. The summed E-state index contributed by atoms with van der Waals surface area (Å²) >= 11 is 3.27. The van der Waals surface area contributed by atoms with Crippen molar-refractivity contribution in [1.82, 2.24) is 4.90 Å². The largest absolute Gasteiger partial charge is 0.343 e. The molecular formula is C9H18BrNO. The molecule has 0 unspecified atom stereocenters. The van der Waals surface area contributed by atoms with Crippen LogP contribution in [0.25, 0.3) is 0 Å². The molecule has 0 fully saturated rings. The highest BCUT2D eigenvalue weighted by Gasteiger charge is 2.11. The molecule has 0 atom stereocenters. The second-order valence-electron chi connectivity index (χ2n) is 3.27. The van der Waals surface area contributed by atoms with Gasteiger partial charge in [0.2, 0.25) is 5.91 Å². The summed E-state index contributed by atoms with van der Waals surface area (Å²) in [6.07, 6.45) is 0.612. The maximum Gasteiger partial charge on any atom is 0.223 e. The van der Waals surface area contributed by atoms with Crippen LogP contribution in [0.2, 0.25) is 0 Å². The molecule has 0 N–H and O–H groups in total. The van der Waals surface area contributed by atoms with Crippen LogP contribution in [0.5, 0.6) is 0 Å². The minimum absolute atomic E-state index is 0.253. The molecule has 0 aromatic rings. The van der Waals surface area contributed by atoms with E-state index in [0.717, 1.165) is 18.4 Å². The summed E-state index contributed by atoms with van der Waals surface area (Å²) in [5.74, 6) is 0.812. The van der Waals surface area contributed by atoms with Crippen molar-refractivity contribution in [1.29, 1.82) is 0 Å². The van der Waals surface area contributed by atoms with Crippen molar-refractivity contribution in [2.24, 2.45) is 5.92 Å². The lowest BCUT2D eigenvalue weighted by Crippen LogP contribution is -2.33. The maximum absolute atomic E-state index is 11.4. The number of nitrogens with zero attached hydrogens (tertiary/aromatic N) is 1. The summed E-state index contributed by atoms with van der Waals surface area (Å²) in [4.78, 5) is 13.3. The SMILES string of the molecule is CCN(CC(C)C)C(=O)CCBr. The minimum atomic E-state index is 0.253. The van der Waals surface area contributed by atoms with Crippen LogP contribution in [0.3, 0.4) is 0 Å². The molecule has 3 heteroatoms. The summed E-state index contributed by atoms with van der Waals surface area (Å²) in [6.45, 7) is 7.98. The van der Waals surface area contributed by atoms with E-state index >= 15 is 0 Å². The Morgan fingerprint density at radius 3 is 2.42 bits per heavy atom. The Bertz CT molecular complexity index is 136. The first kappa shape index (κ1) is 11.9. The molecule has 1 amide bonds. The Morgan fingerprint density at radius 1 is 1.50 bits per heavy atom. The van der Waals surface area contributed by atoms with Crippen molar-refractivity contribution >= 4 is 21.8 Å². The topological polar surface area (TPSA) is 20.3 Å². The van der Waals surface area contributed by atoms with Crippen LogP contribution >= 0.6 is 15.9 Å². The molecule has 0 saturated carbocycles. The number of amides is 1. The van der Waals surface area contributed by atoms with Gasteiger partial charge in [0.1, 0.15) is 0 Å². The Kier molecular flexibility index (Phi) is 6.44. The van der Waals surface area contributed by atoms with Crippen molar-refractivity contribution in [2.45, 2.75) is 27.2 Å². The molecule has 0 spiro atoms. The number of hydrogen-bond acceptors (Lipinski definition) is 1. The Morgan fingerprint density at radius 2 is 2.08 bits per heavy atom. The molecule has 0 aromatic heterocycles. The average molecular weight is 236 g/mol. The minimum Gasteiger partial charge on any atom is -0.343 e. The lowest BCUT2D eigenvalue weighted by Gasteiger charge is -2.22. The van der Waals surface area contributed by atoms with E-state index < -0.39 is 0 Å². The normalized spacial score (nSPS) is 10.4. The Balaban J connectivity index is 3.87. The maximum atomic E-state index is 11.4. The Hall–Kier alpha value is -0.0500. The molecule has 0 heterocycles. The van der Waals surface area contributed by atoms with Crippen LogP contribution < -0.4 is 0 Å². The monoisotopic (exact) mass is 235 g/mol. The van der Waals surface area contributed by atoms with Gasteiger partial charge in [-0.25, -0.2) is 0 Å². The van der Waals surface area contributed by atoms with Crippen LogP contribution in [-0.4, -0.2) is 29.2 Å². The fraction of sp³-hybridized carbons (Fsp3) is 0.889. The van der Waals surface area contributed by atoms with Crippen molar-refractivity contribution in [3.63, 3.8) is 0 Å². The molecule has 0 rings (SSSR count). The highest BCUT2D eigenvalue weighted by Crippen LogP contribution is 2.02. The standard InChI is InChI=1S/C9H18BrNO/c1-4-11(7-8(2)3)9(12)5-6-10/h8H,4-7H2,1-3H3. The van der Waals surface area contributed by atoms with Gasteiger partial charge < -0.3 is 4.90 Å². The predicted molar refractivity (Wildman–Crippen MR) is 55.5 cm³/mol. The van der Waals surface area contributed by atoms with Gasteiger partial charge in [0, 0.05) is 24.8 Å². The summed E-state index contributed by atoms with van der Waals surface area (Å²) in [7, 11) is 0. The molecule has 72 valence electrons. The van der Waals surface area contributed by atoms with Crippen molar-refractivity contribution < 1.29 is 4.79 Å². The van der Waals surface area contributed by atoms with E-state index in [1.807, 2.05) is 11.8 Å². The molecule has 0 aliphatic heterocycles. The molecule has 0 aliphatic carbocycles. The first-order chi connectivity index (χ1) is 5.61. The number of rotatable bonds is 5. The second kappa shape index (κ2) is 6.46. The summed E-state index contributed by atoms with van der Waals surface area (Å²) in [5, 5.41) is 0.764. The summed E-state index contributed by atoms with van der Waals surface area (Å²) in [6, 6.07) is 0. The van der Waals surface area contributed by atoms with Gasteiger partial charge in [-0.1, -0.05) is 29.8 Å². The first-order valence-corrected chi connectivity index (χ1v) is 5.57. The van der Waals surface area contributed by atoms with E-state index in [2.05, 4.69) is 29.8 Å². The highest BCUT2D eigenvalue weighted by molar-refractivity contribution is 9.09. The van der Waals surface area contributed by atoms with Crippen molar-refractivity contribution in [2.75, 3.05) is 18.4 Å². The van der Waals surface area contributed by atoms with E-state index in [0.29, 0.717) is 12.3 Å². The first-order valence-electron chi connectivity index (χ1n) is 4.45. The lowest BCUT2D eigenvalue weighted by atomic mass is 10.2. The van der Waals surface area contributed by atoms with Gasteiger partial charge in [0.15, 0.2) is 0 Å². The van der Waals surface area contributed by atoms with Gasteiger partial charge in [0.05, 0.1) is 0 Å². The van der Waals surface area contributed by atoms with Gasteiger partial charge in [-0.05, 0) is 12.8 Å². The molecule has 12 heavy (non-hydrogen) atoms. The molecule has 0 radical (unpaired) electrons. The predicted octanol–water partition coefficient (Wildman–Crippen LogP) is 2.28. The fourth-order valence-electron chi connectivity index (χ4n) is 1.09. The van der Waals surface area contributed by atoms with Gasteiger partial charge in [-0.15, -0.1) is 0 Å². The molecule has 2 nitrogen and oxygen atoms in total. The van der Waals surface area contributed by atoms with Gasteiger partial charge >= 0.3 is 0 Å². The number of hydrogen-bond donors (Lipinski definition) is 0. The van der Waals surface area contributed by atoms with Crippen molar-refractivity contribution in [3.8, 4) is 0 Å². The summed E-state index contributed by atoms with van der Waals surface area (Å²) in [5.41, 5.74) is 0. The molecule has 0 aromatic carbocycles. The third-order valence-corrected chi connectivity index (χ3v) is 2.02. The highest BCUT2D eigenvalue weighted by atomic mass is 79.9. The van der Waals surface area contributed by atoms with Crippen LogP contribution in [-0.2, 0) is 4.79 Å². The van der Waals surface area contributed by atoms with E-state index in [1.165, 1.54) is 0 Å². The number of alkyl halides is 1. The van der Waals surface area contributed by atoms with E-state index in [-0.39, 0.29) is 5.91 Å². The van der Waals surface area contributed by atoms with Crippen LogP contribution in [0.1, 0.15) is 27.2 Å². The average Bonchev–Trinajstić information content (AvgIpc) is 2.00. The number of carbonyl (C=O) groups excluding carboxylic acids is 1. The zero-order valence-corrected chi connectivity index (χ0v) is 9.73. The molecular weight excluding hydrogens is 218 g/mol. The van der Waals surface area contributed by atoms with Gasteiger partial charge in [0.25, 0.3) is 0 Å². The molecule has 0 saturated heterocycles. The van der Waals surface area contributed by atoms with E-state index in [1.54, 1.807) is 0 Å². The molecule has 0 bridgehead atoms. The van der Waals surface area contributed by atoms with Gasteiger partial charge in [-0.2, -0.15) is 0 Å². The Labute approximate surface area is 83.4 Å². The zero-order chi connectivity index (χ0) is 9.56. The zero-order valence-electron chi connectivity index (χ0n) is 8.14. The summed E-state index contributed by atoms with van der Waals surface area (Å²) < 4.78 is 0. The van der Waals surface area contributed by atoms with E-state index in [9.17, 15) is 4.79 Å². The van der Waals surface area contributed by atoms with E-state index in [4.69, 9.17) is 0 Å². The lowest BCUT2D eigenvalue weighted by molar-refractivity contribution is -0.131. The number of carbonyl (C=O) groups is 1. The quantitative estimate of drug-likeness (QED) is 0.670. The van der Waals surface area contributed by atoms with Crippen LogP contribution in [0, 0.1) is 5.92 Å². The van der Waals surface area contributed by atoms with Crippen LogP contribution in [0.4, 0.5) is 0 Å².